The van der Waals surface area contributed by atoms with Crippen LogP contribution in [0.5, 0.6) is 0 Å². The number of halogens is 1. The third-order valence-corrected chi connectivity index (χ3v) is 7.17. The van der Waals surface area contributed by atoms with Crippen LogP contribution in [0.4, 0.5) is 5.69 Å². The van der Waals surface area contributed by atoms with Crippen LogP contribution < -0.4 is 10.4 Å². The molecule has 3 heterocycles. The van der Waals surface area contributed by atoms with Crippen molar-refractivity contribution in [2.24, 2.45) is 0 Å². The summed E-state index contributed by atoms with van der Waals surface area (Å²) >= 11 is 6.65. The fourth-order valence-electron chi connectivity index (χ4n) is 4.24. The highest BCUT2D eigenvalue weighted by molar-refractivity contribution is 6.62. The van der Waals surface area contributed by atoms with Crippen molar-refractivity contribution >= 4 is 35.8 Å². The molecule has 1 aromatic heterocycles. The predicted octanol–water partition coefficient (Wildman–Crippen LogP) is 4.65. The molecule has 5 nitrogen and oxygen atoms in total. The lowest BCUT2D eigenvalue weighted by Crippen LogP contribution is -2.41. The van der Waals surface area contributed by atoms with E-state index in [1.54, 1.807) is 12.1 Å². The van der Waals surface area contributed by atoms with Gasteiger partial charge in [0, 0.05) is 24.1 Å². The molecular formula is C25H26BClN2O3. The number of carbonyl (C=O) groups excluding carboxylic acids is 1. The van der Waals surface area contributed by atoms with Crippen molar-refractivity contribution < 1.29 is 14.1 Å². The van der Waals surface area contributed by atoms with E-state index in [-0.39, 0.29) is 5.91 Å². The van der Waals surface area contributed by atoms with Crippen LogP contribution in [0.15, 0.2) is 60.8 Å². The van der Waals surface area contributed by atoms with E-state index in [0.717, 1.165) is 29.0 Å². The van der Waals surface area contributed by atoms with Crippen LogP contribution in [0.3, 0.4) is 0 Å². The molecule has 0 unspecified atom stereocenters. The van der Waals surface area contributed by atoms with Gasteiger partial charge in [-0.05, 0) is 69.1 Å². The molecule has 2 aliphatic rings. The van der Waals surface area contributed by atoms with Crippen LogP contribution in [0.2, 0.25) is 5.02 Å². The highest BCUT2D eigenvalue weighted by Crippen LogP contribution is 2.37. The van der Waals surface area contributed by atoms with E-state index in [0.29, 0.717) is 17.1 Å². The van der Waals surface area contributed by atoms with Gasteiger partial charge in [-0.15, -0.1) is 0 Å². The Labute approximate surface area is 194 Å². The maximum Gasteiger partial charge on any atom is 0.494 e. The molecule has 1 saturated heterocycles. The van der Waals surface area contributed by atoms with E-state index in [4.69, 9.17) is 20.9 Å². The highest BCUT2D eigenvalue weighted by Gasteiger charge is 2.51. The van der Waals surface area contributed by atoms with Crippen LogP contribution in [0.1, 0.15) is 49.3 Å². The van der Waals surface area contributed by atoms with Crippen LogP contribution in [-0.4, -0.2) is 28.8 Å². The summed E-state index contributed by atoms with van der Waals surface area (Å²) in [5.74, 6) is -0.127. The van der Waals surface area contributed by atoms with E-state index in [2.05, 4.69) is 16.7 Å². The Hall–Kier alpha value is -2.54. The number of amides is 1. The smallest absolute Gasteiger partial charge is 0.399 e. The molecule has 0 N–H and O–H groups in total. The minimum atomic E-state index is -0.524. The molecule has 0 aliphatic carbocycles. The molecule has 2 aliphatic heterocycles. The predicted molar refractivity (Wildman–Crippen MR) is 128 cm³/mol. The zero-order valence-electron chi connectivity index (χ0n) is 18.8. The van der Waals surface area contributed by atoms with E-state index in [1.807, 2.05) is 69.1 Å². The Morgan fingerprint density at radius 1 is 0.969 bits per heavy atom. The van der Waals surface area contributed by atoms with Gasteiger partial charge in [0.05, 0.1) is 28.3 Å². The van der Waals surface area contributed by atoms with Gasteiger partial charge in [-0.2, -0.15) is 0 Å². The Kier molecular flexibility index (Phi) is 5.00. The van der Waals surface area contributed by atoms with E-state index in [9.17, 15) is 4.79 Å². The first-order valence-corrected chi connectivity index (χ1v) is 11.2. The van der Waals surface area contributed by atoms with Gasteiger partial charge in [0.15, 0.2) is 0 Å². The molecule has 7 heteroatoms. The van der Waals surface area contributed by atoms with E-state index < -0.39 is 18.3 Å². The molecular weight excluding hydrogens is 423 g/mol. The fourth-order valence-corrected chi connectivity index (χ4v) is 4.51. The minimum Gasteiger partial charge on any atom is -0.399 e. The lowest BCUT2D eigenvalue weighted by atomic mass is 9.79. The second-order valence-electron chi connectivity index (χ2n) is 9.47. The average Bonchev–Trinajstić information content (AvgIpc) is 3.21. The van der Waals surface area contributed by atoms with Gasteiger partial charge in [0.25, 0.3) is 5.91 Å². The summed E-state index contributed by atoms with van der Waals surface area (Å²) in [6.45, 7) is 9.27. The van der Waals surface area contributed by atoms with Gasteiger partial charge >= 0.3 is 7.12 Å². The number of aromatic nitrogens is 1. The molecule has 0 atom stereocenters. The first-order chi connectivity index (χ1) is 15.2. The van der Waals surface area contributed by atoms with E-state index in [1.165, 1.54) is 0 Å². The van der Waals surface area contributed by atoms with Crippen molar-refractivity contribution in [2.45, 2.75) is 52.0 Å². The van der Waals surface area contributed by atoms with Gasteiger partial charge < -0.3 is 18.8 Å². The first-order valence-electron chi connectivity index (χ1n) is 10.9. The molecule has 0 radical (unpaired) electrons. The Bertz CT molecular complexity index is 1190. The number of fused-ring (bicyclic) bond motifs is 2. The van der Waals surface area contributed by atoms with Gasteiger partial charge in [-0.3, -0.25) is 4.79 Å². The largest absolute Gasteiger partial charge is 0.494 e. The molecule has 0 bridgehead atoms. The minimum absolute atomic E-state index is 0.127. The lowest BCUT2D eigenvalue weighted by molar-refractivity contribution is 0.00578. The zero-order valence-corrected chi connectivity index (χ0v) is 19.5. The number of para-hydroxylation sites is 1. The summed E-state index contributed by atoms with van der Waals surface area (Å²) in [6.07, 6.45) is 2.05. The molecule has 164 valence electrons. The quantitative estimate of drug-likeness (QED) is 0.536. The van der Waals surface area contributed by atoms with Crippen LogP contribution in [0.25, 0.3) is 0 Å². The Morgan fingerprint density at radius 3 is 2.41 bits per heavy atom. The molecule has 1 fully saturated rings. The summed E-state index contributed by atoms with van der Waals surface area (Å²) in [4.78, 5) is 15.5. The Balaban J connectivity index is 1.48. The number of rotatable bonds is 2. The number of hydrogen-bond acceptors (Lipinski definition) is 3. The van der Waals surface area contributed by atoms with Gasteiger partial charge in [0.2, 0.25) is 0 Å². The van der Waals surface area contributed by atoms with Crippen LogP contribution >= 0.6 is 11.6 Å². The van der Waals surface area contributed by atoms with Crippen molar-refractivity contribution in [3.63, 3.8) is 0 Å². The van der Waals surface area contributed by atoms with Crippen molar-refractivity contribution in [2.75, 3.05) is 4.90 Å². The summed E-state index contributed by atoms with van der Waals surface area (Å²) in [6, 6.07) is 17.5. The summed E-state index contributed by atoms with van der Waals surface area (Å²) < 4.78 is 14.4. The van der Waals surface area contributed by atoms with Crippen molar-refractivity contribution in [3.8, 4) is 0 Å². The highest BCUT2D eigenvalue weighted by atomic mass is 35.5. The number of anilines is 1. The fraction of sp³-hybridized carbons (Fsp3) is 0.320. The topological polar surface area (TPSA) is 43.7 Å². The van der Waals surface area contributed by atoms with Gasteiger partial charge in [-0.25, -0.2) is 0 Å². The maximum atomic E-state index is 13.7. The molecule has 3 aromatic rings. The maximum absolute atomic E-state index is 13.7. The molecule has 0 saturated carbocycles. The van der Waals surface area contributed by atoms with Crippen LogP contribution in [0, 0.1) is 0 Å². The third kappa shape index (κ3) is 3.47. The van der Waals surface area contributed by atoms with Crippen molar-refractivity contribution in [1.82, 2.24) is 4.57 Å². The molecule has 5 rings (SSSR count). The van der Waals surface area contributed by atoms with Crippen LogP contribution in [-0.2, 0) is 22.4 Å². The summed E-state index contributed by atoms with van der Waals surface area (Å²) in [5, 5.41) is 0.388. The summed E-state index contributed by atoms with van der Waals surface area (Å²) in [7, 11) is -0.524. The Morgan fingerprint density at radius 2 is 1.69 bits per heavy atom. The number of nitrogens with zero attached hydrogens (tertiary/aromatic N) is 2. The van der Waals surface area contributed by atoms with Crippen molar-refractivity contribution in [1.29, 1.82) is 0 Å². The second kappa shape index (κ2) is 7.51. The number of hydrogen-bond donors (Lipinski definition) is 0. The SMILES string of the molecule is CC1(C)OB(c2ccc(C(=O)N3Cc4cccn4Cc4ccccc43)c(Cl)c2)OC1(C)C. The monoisotopic (exact) mass is 448 g/mol. The van der Waals surface area contributed by atoms with E-state index >= 15 is 0 Å². The standard InChI is InChI=1S/C25H26BClN2O3/c1-24(2)25(3,4)32-26(31-24)18-11-12-20(21(27)14-18)23(30)29-16-19-9-7-13-28(19)15-17-8-5-6-10-22(17)29/h5-14H,15-16H2,1-4H3. The third-order valence-electron chi connectivity index (χ3n) is 6.86. The second-order valence-corrected chi connectivity index (χ2v) is 9.88. The zero-order chi connectivity index (χ0) is 22.7. The summed E-state index contributed by atoms with van der Waals surface area (Å²) in [5.41, 5.74) is 3.47. The molecule has 1 amide bonds. The first kappa shape index (κ1) is 21.3. The van der Waals surface area contributed by atoms with Gasteiger partial charge in [0.1, 0.15) is 0 Å². The van der Waals surface area contributed by atoms with Gasteiger partial charge in [-0.1, -0.05) is 35.9 Å². The molecule has 2 aromatic carbocycles. The average molecular weight is 449 g/mol. The molecule has 0 spiro atoms. The lowest BCUT2D eigenvalue weighted by Gasteiger charge is -2.32. The van der Waals surface area contributed by atoms with Crippen molar-refractivity contribution in [3.05, 3.63) is 82.6 Å². The molecule has 32 heavy (non-hydrogen) atoms. The number of carbonyl (C=O) groups is 1. The normalized spacial score (nSPS) is 18.8. The number of benzene rings is 2.